The van der Waals surface area contributed by atoms with Gasteiger partial charge in [-0.15, -0.1) is 0 Å². The Balaban J connectivity index is 2.28. The summed E-state index contributed by atoms with van der Waals surface area (Å²) in [5.41, 5.74) is 0. The minimum absolute atomic E-state index is 0.391. The molecule has 1 fully saturated rings. The quantitative estimate of drug-likeness (QED) is 0.613. The van der Waals surface area contributed by atoms with Gasteiger partial charge in [-0.3, -0.25) is 0 Å². The zero-order valence-electron chi connectivity index (χ0n) is 6.30. The molecule has 0 amide bonds. The van der Waals surface area contributed by atoms with Gasteiger partial charge >= 0.3 is 0 Å². The minimum Gasteiger partial charge on any atom is -0.396 e. The molecule has 0 aliphatic heterocycles. The van der Waals surface area contributed by atoms with Crippen molar-refractivity contribution in [3.8, 4) is 0 Å². The third-order valence-corrected chi connectivity index (χ3v) is 2.29. The summed E-state index contributed by atoms with van der Waals surface area (Å²) < 4.78 is 0. The number of aliphatic hydroxyl groups is 1. The first-order valence-electron chi connectivity index (χ1n) is 3.86. The van der Waals surface area contributed by atoms with E-state index in [0.29, 0.717) is 18.4 Å². The molecule has 1 rings (SSSR count). The van der Waals surface area contributed by atoms with E-state index in [-0.39, 0.29) is 0 Å². The number of hydrogen-bond donors (Lipinski definition) is 1. The van der Waals surface area contributed by atoms with Crippen LogP contribution in [0.2, 0.25) is 0 Å². The summed E-state index contributed by atoms with van der Waals surface area (Å²) in [5.74, 6) is 2.11. The summed E-state index contributed by atoms with van der Waals surface area (Å²) in [4.78, 5) is 0. The topological polar surface area (TPSA) is 20.2 Å². The molecule has 0 spiro atoms. The Bertz CT molecular complexity index is 82.6. The predicted molar refractivity (Wildman–Crippen MR) is 38.1 cm³/mol. The summed E-state index contributed by atoms with van der Waals surface area (Å²) in [6.45, 7) is 4.78. The van der Waals surface area contributed by atoms with Gasteiger partial charge in [0.15, 0.2) is 0 Å². The second-order valence-corrected chi connectivity index (χ2v) is 3.43. The molecule has 0 radical (unpaired) electrons. The van der Waals surface area contributed by atoms with Crippen LogP contribution in [0.15, 0.2) is 0 Å². The second-order valence-electron chi connectivity index (χ2n) is 3.43. The smallest absolute Gasteiger partial charge is 0.0464 e. The molecule has 1 atom stereocenters. The maximum absolute atomic E-state index is 8.91. The van der Waals surface area contributed by atoms with Crippen LogP contribution in [0.3, 0.4) is 0 Å². The van der Waals surface area contributed by atoms with Crippen LogP contribution in [0.25, 0.3) is 0 Å². The van der Waals surface area contributed by atoms with Crippen LogP contribution in [0, 0.1) is 17.8 Å². The van der Waals surface area contributed by atoms with Crippen LogP contribution < -0.4 is 0 Å². The lowest BCUT2D eigenvalue weighted by Gasteiger charge is -2.16. The molecule has 9 heavy (non-hydrogen) atoms. The van der Waals surface area contributed by atoms with Crippen LogP contribution in [0.5, 0.6) is 0 Å². The van der Waals surface area contributed by atoms with Crippen molar-refractivity contribution >= 4 is 0 Å². The Hall–Kier alpha value is -0.0400. The van der Waals surface area contributed by atoms with Gasteiger partial charge in [-0.25, -0.2) is 0 Å². The summed E-state index contributed by atoms with van der Waals surface area (Å²) in [6, 6.07) is 0. The third kappa shape index (κ3) is 1.68. The molecule has 0 heterocycles. The van der Waals surface area contributed by atoms with E-state index >= 15 is 0 Å². The second kappa shape index (κ2) is 2.70. The molecule has 1 heteroatoms. The molecule has 54 valence electrons. The maximum Gasteiger partial charge on any atom is 0.0464 e. The van der Waals surface area contributed by atoms with E-state index in [1.54, 1.807) is 0 Å². The Labute approximate surface area is 57.1 Å². The Morgan fingerprint density at radius 2 is 2.00 bits per heavy atom. The lowest BCUT2D eigenvalue weighted by atomic mass is 9.92. The highest BCUT2D eigenvalue weighted by Gasteiger charge is 2.32. The number of hydrogen-bond acceptors (Lipinski definition) is 1. The molecular weight excluding hydrogens is 112 g/mol. The summed E-state index contributed by atoms with van der Waals surface area (Å²) in [5, 5.41) is 8.91. The molecule has 1 N–H and O–H groups in total. The molecule has 1 aliphatic carbocycles. The van der Waals surface area contributed by atoms with Gasteiger partial charge in [-0.05, 0) is 30.6 Å². The predicted octanol–water partition coefficient (Wildman–Crippen LogP) is 1.66. The highest BCUT2D eigenvalue weighted by Crippen LogP contribution is 2.39. The van der Waals surface area contributed by atoms with Crippen molar-refractivity contribution in [2.75, 3.05) is 6.61 Å². The molecule has 0 aromatic heterocycles. The van der Waals surface area contributed by atoms with Crippen molar-refractivity contribution in [1.29, 1.82) is 0 Å². The first kappa shape index (κ1) is 7.07. The van der Waals surface area contributed by atoms with Crippen LogP contribution in [0.4, 0.5) is 0 Å². The molecule has 1 unspecified atom stereocenters. The lowest BCUT2D eigenvalue weighted by molar-refractivity contribution is 0.171. The third-order valence-electron chi connectivity index (χ3n) is 2.29. The van der Waals surface area contributed by atoms with Crippen LogP contribution in [0.1, 0.15) is 26.7 Å². The van der Waals surface area contributed by atoms with E-state index in [2.05, 4.69) is 13.8 Å². The fraction of sp³-hybridized carbons (Fsp3) is 1.00. The van der Waals surface area contributed by atoms with Crippen LogP contribution in [-0.2, 0) is 0 Å². The Morgan fingerprint density at radius 3 is 2.11 bits per heavy atom. The Kier molecular flexibility index (Phi) is 2.12. The van der Waals surface area contributed by atoms with Crippen molar-refractivity contribution in [1.82, 2.24) is 0 Å². The first-order valence-corrected chi connectivity index (χ1v) is 3.86. The molecule has 0 saturated heterocycles. The zero-order chi connectivity index (χ0) is 6.85. The lowest BCUT2D eigenvalue weighted by Crippen LogP contribution is -2.15. The van der Waals surface area contributed by atoms with Crippen molar-refractivity contribution in [2.45, 2.75) is 26.7 Å². The van der Waals surface area contributed by atoms with Gasteiger partial charge in [0.1, 0.15) is 0 Å². The van der Waals surface area contributed by atoms with E-state index in [9.17, 15) is 0 Å². The van der Waals surface area contributed by atoms with Gasteiger partial charge in [0.2, 0.25) is 0 Å². The average Bonchev–Trinajstić information content (AvgIpc) is 2.50. The van der Waals surface area contributed by atoms with E-state index in [1.807, 2.05) is 0 Å². The fourth-order valence-corrected chi connectivity index (χ4v) is 1.43. The molecule has 1 saturated carbocycles. The van der Waals surface area contributed by atoms with Gasteiger partial charge < -0.3 is 5.11 Å². The van der Waals surface area contributed by atoms with Gasteiger partial charge in [-0.1, -0.05) is 13.8 Å². The summed E-state index contributed by atoms with van der Waals surface area (Å²) >= 11 is 0. The minimum atomic E-state index is 0.391. The van der Waals surface area contributed by atoms with E-state index in [4.69, 9.17) is 5.11 Å². The molecule has 0 aromatic carbocycles. The van der Waals surface area contributed by atoms with E-state index in [0.717, 1.165) is 5.92 Å². The maximum atomic E-state index is 8.91. The normalized spacial score (nSPS) is 22.7. The fourth-order valence-electron chi connectivity index (χ4n) is 1.43. The van der Waals surface area contributed by atoms with E-state index in [1.165, 1.54) is 12.8 Å². The number of rotatable bonds is 3. The van der Waals surface area contributed by atoms with Crippen molar-refractivity contribution in [3.05, 3.63) is 0 Å². The number of aliphatic hydroxyl groups excluding tert-OH is 1. The Morgan fingerprint density at radius 1 is 1.44 bits per heavy atom. The highest BCUT2D eigenvalue weighted by atomic mass is 16.3. The summed E-state index contributed by atoms with van der Waals surface area (Å²) in [6.07, 6.45) is 2.70. The summed E-state index contributed by atoms with van der Waals surface area (Å²) in [7, 11) is 0. The molecular formula is C8H16O. The van der Waals surface area contributed by atoms with Crippen molar-refractivity contribution in [3.63, 3.8) is 0 Å². The van der Waals surface area contributed by atoms with Crippen LogP contribution in [-0.4, -0.2) is 11.7 Å². The largest absolute Gasteiger partial charge is 0.396 e. The van der Waals surface area contributed by atoms with Crippen LogP contribution >= 0.6 is 0 Å². The molecule has 1 aliphatic rings. The first-order chi connectivity index (χ1) is 4.25. The molecule has 0 bridgehead atoms. The van der Waals surface area contributed by atoms with Crippen molar-refractivity contribution in [2.24, 2.45) is 17.8 Å². The standard InChI is InChI=1S/C8H16O/c1-6(2)8(5-9)7-3-4-7/h6-9H,3-5H2,1-2H3. The highest BCUT2D eigenvalue weighted by molar-refractivity contribution is 4.82. The monoisotopic (exact) mass is 128 g/mol. The average molecular weight is 128 g/mol. The van der Waals surface area contributed by atoms with E-state index < -0.39 is 0 Å². The SMILES string of the molecule is CC(C)C(CO)C1CC1. The molecule has 0 aromatic rings. The van der Waals surface area contributed by atoms with Gasteiger partial charge in [0.25, 0.3) is 0 Å². The van der Waals surface area contributed by atoms with Gasteiger partial charge in [0, 0.05) is 6.61 Å². The van der Waals surface area contributed by atoms with Gasteiger partial charge in [0.05, 0.1) is 0 Å². The van der Waals surface area contributed by atoms with Crippen molar-refractivity contribution < 1.29 is 5.11 Å². The van der Waals surface area contributed by atoms with Gasteiger partial charge in [-0.2, -0.15) is 0 Å². The molecule has 1 nitrogen and oxygen atoms in total. The zero-order valence-corrected chi connectivity index (χ0v) is 6.30.